The van der Waals surface area contributed by atoms with Gasteiger partial charge in [0.15, 0.2) is 0 Å². The first kappa shape index (κ1) is 14.1. The number of carboxylic acids is 1. The Labute approximate surface area is 127 Å². The zero-order valence-electron chi connectivity index (χ0n) is 12.3. The molecule has 0 spiro atoms. The van der Waals surface area contributed by atoms with Crippen LogP contribution in [0.5, 0.6) is 5.88 Å². The van der Waals surface area contributed by atoms with Crippen molar-refractivity contribution >= 4 is 17.7 Å². The van der Waals surface area contributed by atoms with Gasteiger partial charge in [-0.2, -0.15) is 4.98 Å². The maximum Gasteiger partial charge on any atom is 0.352 e. The summed E-state index contributed by atoms with van der Waals surface area (Å²) in [6.45, 7) is 0. The normalized spacial score (nSPS) is 13.3. The number of nitrogens with zero attached hydrogens (tertiary/aromatic N) is 3. The van der Waals surface area contributed by atoms with Crippen LogP contribution in [0, 0.1) is 0 Å². The second-order valence-electron chi connectivity index (χ2n) is 4.95. The van der Waals surface area contributed by atoms with Gasteiger partial charge in [0, 0.05) is 26.4 Å². The van der Waals surface area contributed by atoms with Gasteiger partial charge in [-0.15, -0.1) is 0 Å². The number of aryl methyl sites for hydroxylation is 1. The fourth-order valence-electron chi connectivity index (χ4n) is 2.56. The van der Waals surface area contributed by atoms with Crippen molar-refractivity contribution in [1.82, 2.24) is 14.5 Å². The molecule has 2 heterocycles. The molecule has 2 N–H and O–H groups in total. The van der Waals surface area contributed by atoms with Gasteiger partial charge < -0.3 is 19.7 Å². The van der Waals surface area contributed by atoms with Crippen molar-refractivity contribution in [3.63, 3.8) is 0 Å². The average molecular weight is 300 g/mol. The van der Waals surface area contributed by atoms with Gasteiger partial charge in [-0.05, 0) is 30.5 Å². The Kier molecular flexibility index (Phi) is 3.54. The SMILES string of the molecule is CNc1nccc(OC2=CCCc3cc(C(=O)O)n(C)c32)n1. The summed E-state index contributed by atoms with van der Waals surface area (Å²) in [4.78, 5) is 19.5. The van der Waals surface area contributed by atoms with E-state index in [2.05, 4.69) is 15.3 Å². The van der Waals surface area contributed by atoms with Gasteiger partial charge in [0.2, 0.25) is 11.8 Å². The molecular weight excluding hydrogens is 284 g/mol. The average Bonchev–Trinajstić information content (AvgIpc) is 2.86. The van der Waals surface area contributed by atoms with E-state index in [-0.39, 0.29) is 5.69 Å². The summed E-state index contributed by atoms with van der Waals surface area (Å²) in [5, 5.41) is 12.1. The number of hydrogen-bond acceptors (Lipinski definition) is 5. The number of hydrogen-bond donors (Lipinski definition) is 2. The third-order valence-electron chi connectivity index (χ3n) is 3.58. The zero-order valence-corrected chi connectivity index (χ0v) is 12.3. The first-order valence-electron chi connectivity index (χ1n) is 6.91. The number of allylic oxidation sites excluding steroid dienone is 1. The van der Waals surface area contributed by atoms with Crippen LogP contribution in [0.15, 0.2) is 24.4 Å². The van der Waals surface area contributed by atoms with E-state index in [1.165, 1.54) is 0 Å². The summed E-state index contributed by atoms with van der Waals surface area (Å²) >= 11 is 0. The number of anilines is 1. The molecule has 114 valence electrons. The summed E-state index contributed by atoms with van der Waals surface area (Å²) in [6, 6.07) is 3.37. The van der Waals surface area contributed by atoms with E-state index >= 15 is 0 Å². The summed E-state index contributed by atoms with van der Waals surface area (Å²) in [5.74, 6) is 0.552. The molecule has 2 aromatic rings. The Balaban J connectivity index is 1.96. The molecule has 0 radical (unpaired) electrons. The van der Waals surface area contributed by atoms with E-state index in [1.807, 2.05) is 6.08 Å². The smallest absolute Gasteiger partial charge is 0.352 e. The minimum absolute atomic E-state index is 0.250. The van der Waals surface area contributed by atoms with E-state index < -0.39 is 5.97 Å². The Bertz CT molecular complexity index is 764. The molecule has 7 heteroatoms. The lowest BCUT2D eigenvalue weighted by atomic mass is 10.0. The molecule has 22 heavy (non-hydrogen) atoms. The molecule has 0 aliphatic heterocycles. The highest BCUT2D eigenvalue weighted by Gasteiger charge is 2.23. The van der Waals surface area contributed by atoms with Gasteiger partial charge >= 0.3 is 5.97 Å². The lowest BCUT2D eigenvalue weighted by Crippen LogP contribution is -2.11. The molecule has 0 aromatic carbocycles. The fourth-order valence-corrected chi connectivity index (χ4v) is 2.56. The Morgan fingerprint density at radius 1 is 1.50 bits per heavy atom. The van der Waals surface area contributed by atoms with Gasteiger partial charge in [0.25, 0.3) is 0 Å². The van der Waals surface area contributed by atoms with Crippen LogP contribution >= 0.6 is 0 Å². The standard InChI is InChI=1S/C15H16N4O3/c1-16-15-17-7-6-12(18-15)22-11-5-3-4-9-8-10(14(20)21)19(2)13(9)11/h5-8H,3-4H2,1-2H3,(H,20,21)(H,16,17,18). The molecule has 3 rings (SSSR count). The van der Waals surface area contributed by atoms with Crippen molar-refractivity contribution in [3.8, 4) is 5.88 Å². The van der Waals surface area contributed by atoms with Crippen LogP contribution in [0.3, 0.4) is 0 Å². The number of aromatic nitrogens is 3. The summed E-state index contributed by atoms with van der Waals surface area (Å²) in [6.07, 6.45) is 5.16. The maximum atomic E-state index is 11.3. The molecule has 0 unspecified atom stereocenters. The third-order valence-corrected chi connectivity index (χ3v) is 3.58. The van der Waals surface area contributed by atoms with Crippen LogP contribution in [0.25, 0.3) is 5.76 Å². The highest BCUT2D eigenvalue weighted by Crippen LogP contribution is 2.30. The predicted octanol–water partition coefficient (Wildman–Crippen LogP) is 1.92. The Hall–Kier alpha value is -2.83. The minimum atomic E-state index is -0.948. The Morgan fingerprint density at radius 2 is 2.32 bits per heavy atom. The van der Waals surface area contributed by atoms with Crippen molar-refractivity contribution in [2.75, 3.05) is 12.4 Å². The van der Waals surface area contributed by atoms with Crippen LogP contribution in [0.2, 0.25) is 0 Å². The highest BCUT2D eigenvalue weighted by molar-refractivity contribution is 5.88. The molecule has 0 atom stereocenters. The topological polar surface area (TPSA) is 89.3 Å². The van der Waals surface area contributed by atoms with Gasteiger partial charge in [0.05, 0.1) is 5.69 Å². The van der Waals surface area contributed by atoms with Crippen LogP contribution < -0.4 is 10.1 Å². The molecule has 0 bridgehead atoms. The fraction of sp³-hybridized carbons (Fsp3) is 0.267. The van der Waals surface area contributed by atoms with Crippen LogP contribution in [0.4, 0.5) is 5.95 Å². The number of ether oxygens (including phenoxy) is 1. The van der Waals surface area contributed by atoms with E-state index in [0.29, 0.717) is 17.6 Å². The van der Waals surface area contributed by atoms with Crippen molar-refractivity contribution in [3.05, 3.63) is 41.4 Å². The largest absolute Gasteiger partial charge is 0.477 e. The number of fused-ring (bicyclic) bond motifs is 1. The lowest BCUT2D eigenvalue weighted by molar-refractivity contribution is 0.0686. The van der Waals surface area contributed by atoms with Crippen molar-refractivity contribution in [2.24, 2.45) is 7.05 Å². The molecule has 0 saturated heterocycles. The quantitative estimate of drug-likeness (QED) is 0.896. The van der Waals surface area contributed by atoms with Gasteiger partial charge in [0.1, 0.15) is 11.5 Å². The molecule has 0 fully saturated rings. The van der Waals surface area contributed by atoms with Crippen molar-refractivity contribution in [1.29, 1.82) is 0 Å². The first-order chi connectivity index (χ1) is 10.6. The van der Waals surface area contributed by atoms with E-state index in [0.717, 1.165) is 24.1 Å². The monoisotopic (exact) mass is 300 g/mol. The minimum Gasteiger partial charge on any atom is -0.477 e. The number of rotatable bonds is 4. The van der Waals surface area contributed by atoms with Crippen molar-refractivity contribution in [2.45, 2.75) is 12.8 Å². The van der Waals surface area contributed by atoms with Crippen LogP contribution in [0.1, 0.15) is 28.2 Å². The molecule has 0 saturated carbocycles. The second kappa shape index (κ2) is 5.51. The number of carbonyl (C=O) groups is 1. The zero-order chi connectivity index (χ0) is 15.7. The van der Waals surface area contributed by atoms with Gasteiger partial charge in [-0.25, -0.2) is 9.78 Å². The number of nitrogens with one attached hydrogen (secondary N) is 1. The molecule has 7 nitrogen and oxygen atoms in total. The molecule has 1 aliphatic rings. The lowest BCUT2D eigenvalue weighted by Gasteiger charge is -2.17. The Morgan fingerprint density at radius 3 is 3.05 bits per heavy atom. The molecule has 1 aliphatic carbocycles. The van der Waals surface area contributed by atoms with Crippen molar-refractivity contribution < 1.29 is 14.6 Å². The van der Waals surface area contributed by atoms with Crippen LogP contribution in [-0.4, -0.2) is 32.7 Å². The first-order valence-corrected chi connectivity index (χ1v) is 6.91. The summed E-state index contributed by atoms with van der Waals surface area (Å²) < 4.78 is 7.50. The molecule has 2 aromatic heterocycles. The van der Waals surface area contributed by atoms with E-state index in [1.54, 1.807) is 37.0 Å². The summed E-state index contributed by atoms with van der Waals surface area (Å²) in [5.41, 5.74) is 2.01. The number of carboxylic acid groups (broad SMARTS) is 1. The predicted molar refractivity (Wildman–Crippen MR) is 80.9 cm³/mol. The van der Waals surface area contributed by atoms with E-state index in [9.17, 15) is 9.90 Å². The molecule has 0 amide bonds. The maximum absolute atomic E-state index is 11.3. The van der Waals surface area contributed by atoms with Gasteiger partial charge in [-0.1, -0.05) is 0 Å². The highest BCUT2D eigenvalue weighted by atomic mass is 16.5. The third kappa shape index (κ3) is 2.41. The van der Waals surface area contributed by atoms with E-state index in [4.69, 9.17) is 4.74 Å². The van der Waals surface area contributed by atoms with Gasteiger partial charge in [-0.3, -0.25) is 0 Å². The van der Waals surface area contributed by atoms with Crippen LogP contribution in [-0.2, 0) is 13.5 Å². The second-order valence-corrected chi connectivity index (χ2v) is 4.95. The number of aromatic carboxylic acids is 1. The molecular formula is C15H16N4O3. The summed E-state index contributed by atoms with van der Waals surface area (Å²) in [7, 11) is 3.46.